The van der Waals surface area contributed by atoms with Gasteiger partial charge in [0.15, 0.2) is 0 Å². The molecule has 1 aliphatic heterocycles. The first-order valence-corrected chi connectivity index (χ1v) is 9.68. The van der Waals surface area contributed by atoms with Crippen molar-refractivity contribution in [1.82, 2.24) is 10.2 Å². The highest BCUT2D eigenvalue weighted by molar-refractivity contribution is 6.30. The molecule has 1 amide bonds. The van der Waals surface area contributed by atoms with Crippen molar-refractivity contribution in [1.29, 1.82) is 0 Å². The molecule has 2 aromatic carbocycles. The van der Waals surface area contributed by atoms with Gasteiger partial charge in [0.2, 0.25) is 5.91 Å². The minimum atomic E-state index is 0. The highest BCUT2D eigenvalue weighted by Gasteiger charge is 2.23. The molecule has 1 aliphatic rings. The van der Waals surface area contributed by atoms with Crippen molar-refractivity contribution in [3.8, 4) is 0 Å². The fourth-order valence-electron chi connectivity index (χ4n) is 3.37. The lowest BCUT2D eigenvalue weighted by atomic mass is 10.0. The second-order valence-corrected chi connectivity index (χ2v) is 7.16. The van der Waals surface area contributed by atoms with E-state index in [0.29, 0.717) is 37.6 Å². The maximum atomic E-state index is 12.4. The zero-order valence-electron chi connectivity index (χ0n) is 16.2. The number of amides is 1. The summed E-state index contributed by atoms with van der Waals surface area (Å²) in [4.78, 5) is 14.7. The van der Waals surface area contributed by atoms with E-state index in [1.807, 2.05) is 42.5 Å². The van der Waals surface area contributed by atoms with Crippen LogP contribution in [0.3, 0.4) is 0 Å². The molecule has 1 fully saturated rings. The molecular weight excluding hydrogens is 433 g/mol. The molecule has 8 heteroatoms. The van der Waals surface area contributed by atoms with E-state index in [4.69, 9.17) is 22.1 Å². The van der Waals surface area contributed by atoms with E-state index < -0.39 is 0 Å². The second kappa shape index (κ2) is 12.9. The molecule has 160 valence electrons. The van der Waals surface area contributed by atoms with Gasteiger partial charge in [-0.05, 0) is 35.7 Å². The SMILES string of the molecule is Cl.Cl.Nc1ccccc1CCC(=O)NCC(c1cccc(Cl)c1)N1CCOCC1. The zero-order valence-corrected chi connectivity index (χ0v) is 18.6. The Hall–Kier alpha value is -1.50. The normalized spacial score (nSPS) is 14.9. The molecule has 0 aliphatic carbocycles. The minimum absolute atomic E-state index is 0. The summed E-state index contributed by atoms with van der Waals surface area (Å²) in [5.74, 6) is 0.0264. The lowest BCUT2D eigenvalue weighted by Crippen LogP contribution is -2.43. The Morgan fingerprint density at radius 2 is 1.86 bits per heavy atom. The molecular formula is C21H28Cl3N3O2. The van der Waals surface area contributed by atoms with Crippen LogP contribution in [0, 0.1) is 0 Å². The van der Waals surface area contributed by atoms with Gasteiger partial charge in [-0.25, -0.2) is 0 Å². The van der Waals surface area contributed by atoms with Gasteiger partial charge < -0.3 is 15.8 Å². The number of nitrogens with two attached hydrogens (primary N) is 1. The number of rotatable bonds is 7. The third kappa shape index (κ3) is 7.68. The van der Waals surface area contributed by atoms with E-state index >= 15 is 0 Å². The van der Waals surface area contributed by atoms with Crippen molar-refractivity contribution in [2.75, 3.05) is 38.6 Å². The van der Waals surface area contributed by atoms with Crippen LogP contribution in [0.25, 0.3) is 0 Å². The Morgan fingerprint density at radius 3 is 2.55 bits per heavy atom. The monoisotopic (exact) mass is 459 g/mol. The number of aryl methyl sites for hydroxylation is 1. The fourth-order valence-corrected chi connectivity index (χ4v) is 3.57. The van der Waals surface area contributed by atoms with Gasteiger partial charge >= 0.3 is 0 Å². The Balaban J connectivity index is 0.00000210. The number of nitrogens with zero attached hydrogens (tertiary/aromatic N) is 1. The number of hydrogen-bond acceptors (Lipinski definition) is 4. The molecule has 1 heterocycles. The van der Waals surface area contributed by atoms with Crippen molar-refractivity contribution < 1.29 is 9.53 Å². The lowest BCUT2D eigenvalue weighted by Gasteiger charge is -2.35. The van der Waals surface area contributed by atoms with E-state index in [-0.39, 0.29) is 36.8 Å². The van der Waals surface area contributed by atoms with Gasteiger partial charge in [0.1, 0.15) is 0 Å². The molecule has 0 spiro atoms. The fraction of sp³-hybridized carbons (Fsp3) is 0.381. The zero-order chi connectivity index (χ0) is 19.1. The van der Waals surface area contributed by atoms with Crippen molar-refractivity contribution >= 4 is 48.0 Å². The van der Waals surface area contributed by atoms with Crippen molar-refractivity contribution in [2.24, 2.45) is 0 Å². The molecule has 29 heavy (non-hydrogen) atoms. The number of nitrogen functional groups attached to an aromatic ring is 1. The standard InChI is InChI=1S/C21H26ClN3O2.2ClH/c22-18-6-3-5-17(14-18)20(25-10-12-27-13-11-25)15-24-21(26)9-8-16-4-1-2-7-19(16)23;;/h1-7,14,20H,8-13,15,23H2,(H,24,26);2*1H. The number of carbonyl (C=O) groups is 1. The third-order valence-corrected chi connectivity index (χ3v) is 5.12. The van der Waals surface area contributed by atoms with Crippen LogP contribution in [0.1, 0.15) is 23.6 Å². The summed E-state index contributed by atoms with van der Waals surface area (Å²) in [7, 11) is 0. The second-order valence-electron chi connectivity index (χ2n) is 6.72. The van der Waals surface area contributed by atoms with Crippen molar-refractivity contribution in [3.63, 3.8) is 0 Å². The summed E-state index contributed by atoms with van der Waals surface area (Å²) in [6.07, 6.45) is 1.05. The van der Waals surface area contributed by atoms with E-state index in [2.05, 4.69) is 16.3 Å². The summed E-state index contributed by atoms with van der Waals surface area (Å²) in [6, 6.07) is 15.6. The van der Waals surface area contributed by atoms with Crippen LogP contribution in [0.2, 0.25) is 5.02 Å². The number of morpholine rings is 1. The maximum Gasteiger partial charge on any atom is 0.220 e. The first-order valence-electron chi connectivity index (χ1n) is 9.31. The van der Waals surface area contributed by atoms with Gasteiger partial charge in [-0.3, -0.25) is 9.69 Å². The Labute approximate surface area is 189 Å². The van der Waals surface area contributed by atoms with Gasteiger partial charge in [0.25, 0.3) is 0 Å². The van der Waals surface area contributed by atoms with Gasteiger partial charge in [-0.15, -0.1) is 24.8 Å². The topological polar surface area (TPSA) is 67.6 Å². The van der Waals surface area contributed by atoms with Crippen LogP contribution < -0.4 is 11.1 Å². The number of ether oxygens (including phenoxy) is 1. The summed E-state index contributed by atoms with van der Waals surface area (Å²) < 4.78 is 5.47. The molecule has 0 radical (unpaired) electrons. The third-order valence-electron chi connectivity index (χ3n) is 4.89. The molecule has 1 atom stereocenters. The highest BCUT2D eigenvalue weighted by atomic mass is 35.5. The predicted octanol–water partition coefficient (Wildman–Crippen LogP) is 3.89. The van der Waals surface area contributed by atoms with Gasteiger partial charge in [0.05, 0.1) is 19.3 Å². The predicted molar refractivity (Wildman–Crippen MR) is 123 cm³/mol. The van der Waals surface area contributed by atoms with E-state index in [0.717, 1.165) is 29.9 Å². The molecule has 2 aromatic rings. The first-order chi connectivity index (χ1) is 13.1. The lowest BCUT2D eigenvalue weighted by molar-refractivity contribution is -0.121. The molecule has 0 bridgehead atoms. The van der Waals surface area contributed by atoms with Crippen LogP contribution in [0.15, 0.2) is 48.5 Å². The Morgan fingerprint density at radius 1 is 1.14 bits per heavy atom. The quantitative estimate of drug-likeness (QED) is 0.615. The minimum Gasteiger partial charge on any atom is -0.399 e. The number of nitrogens with one attached hydrogen (secondary N) is 1. The average Bonchev–Trinajstić information content (AvgIpc) is 2.68. The van der Waals surface area contributed by atoms with Crippen LogP contribution >= 0.6 is 36.4 Å². The molecule has 0 aromatic heterocycles. The molecule has 1 saturated heterocycles. The number of halogens is 3. The van der Waals surface area contributed by atoms with Crippen molar-refractivity contribution in [2.45, 2.75) is 18.9 Å². The van der Waals surface area contributed by atoms with E-state index in [9.17, 15) is 4.79 Å². The van der Waals surface area contributed by atoms with Crippen LogP contribution in [-0.2, 0) is 16.0 Å². The summed E-state index contributed by atoms with van der Waals surface area (Å²) in [5.41, 5.74) is 8.80. The number of carbonyl (C=O) groups excluding carboxylic acids is 1. The highest BCUT2D eigenvalue weighted by Crippen LogP contribution is 2.24. The number of benzene rings is 2. The molecule has 3 rings (SSSR count). The van der Waals surface area contributed by atoms with Gasteiger partial charge in [0, 0.05) is 36.8 Å². The number of para-hydroxylation sites is 1. The molecule has 3 N–H and O–H groups in total. The van der Waals surface area contributed by atoms with Crippen LogP contribution in [0.5, 0.6) is 0 Å². The van der Waals surface area contributed by atoms with Gasteiger partial charge in [-0.2, -0.15) is 0 Å². The largest absolute Gasteiger partial charge is 0.399 e. The Bertz CT molecular complexity index is 770. The number of anilines is 1. The summed E-state index contributed by atoms with van der Waals surface area (Å²) >= 11 is 6.18. The van der Waals surface area contributed by atoms with Crippen LogP contribution in [0.4, 0.5) is 5.69 Å². The molecule has 5 nitrogen and oxygen atoms in total. The summed E-state index contributed by atoms with van der Waals surface area (Å²) in [6.45, 7) is 3.64. The maximum absolute atomic E-state index is 12.4. The molecule has 1 unspecified atom stereocenters. The van der Waals surface area contributed by atoms with E-state index in [1.165, 1.54) is 0 Å². The van der Waals surface area contributed by atoms with E-state index in [1.54, 1.807) is 0 Å². The first kappa shape index (κ1) is 25.5. The van der Waals surface area contributed by atoms with Crippen molar-refractivity contribution in [3.05, 3.63) is 64.7 Å². The van der Waals surface area contributed by atoms with Crippen LogP contribution in [-0.4, -0.2) is 43.7 Å². The number of hydrogen-bond donors (Lipinski definition) is 2. The average molecular weight is 461 g/mol. The summed E-state index contributed by atoms with van der Waals surface area (Å²) in [5, 5.41) is 3.79. The Kier molecular flexibility index (Phi) is 11.4. The smallest absolute Gasteiger partial charge is 0.220 e. The molecule has 0 saturated carbocycles. The van der Waals surface area contributed by atoms with Gasteiger partial charge in [-0.1, -0.05) is 41.9 Å².